The fourth-order valence-electron chi connectivity index (χ4n) is 3.09. The van der Waals surface area contributed by atoms with Crippen molar-refractivity contribution in [3.05, 3.63) is 22.8 Å². The molecule has 0 spiro atoms. The highest BCUT2D eigenvalue weighted by Crippen LogP contribution is 2.32. The van der Waals surface area contributed by atoms with Crippen LogP contribution in [0.15, 0.2) is 12.3 Å². The number of halogens is 1. The van der Waals surface area contributed by atoms with Crippen LogP contribution in [-0.4, -0.2) is 36.8 Å². The summed E-state index contributed by atoms with van der Waals surface area (Å²) in [5, 5.41) is 4.17. The van der Waals surface area contributed by atoms with Crippen LogP contribution in [0.1, 0.15) is 32.3 Å². The zero-order valence-corrected chi connectivity index (χ0v) is 13.6. The molecule has 2 fully saturated rings. The number of ether oxygens (including phenoxy) is 1. The maximum absolute atomic E-state index is 6.45. The molecule has 0 aromatic carbocycles. The second kappa shape index (κ2) is 6.51. The number of aromatic nitrogens is 1. The molecule has 1 N–H and O–H groups in total. The molecule has 2 bridgehead atoms. The van der Waals surface area contributed by atoms with Crippen molar-refractivity contribution in [1.82, 2.24) is 10.3 Å². The molecule has 3 heterocycles. The summed E-state index contributed by atoms with van der Waals surface area (Å²) in [6.07, 6.45) is 4.97. The predicted octanol–water partition coefficient (Wildman–Crippen LogP) is 2.85. The van der Waals surface area contributed by atoms with E-state index in [1.165, 1.54) is 0 Å². The maximum Gasteiger partial charge on any atom is 0.147 e. The lowest BCUT2D eigenvalue weighted by Gasteiger charge is -2.33. The van der Waals surface area contributed by atoms with E-state index >= 15 is 0 Å². The van der Waals surface area contributed by atoms with Crippen molar-refractivity contribution in [1.29, 1.82) is 0 Å². The van der Waals surface area contributed by atoms with E-state index in [4.69, 9.17) is 16.3 Å². The van der Waals surface area contributed by atoms with Gasteiger partial charge in [-0.3, -0.25) is 0 Å². The van der Waals surface area contributed by atoms with Crippen molar-refractivity contribution < 1.29 is 4.74 Å². The average Bonchev–Trinajstić information content (AvgIpc) is 2.77. The molecular formula is C16H24ClN3O. The third-order valence-corrected chi connectivity index (χ3v) is 4.38. The van der Waals surface area contributed by atoms with E-state index in [2.05, 4.69) is 29.0 Å². The summed E-state index contributed by atoms with van der Waals surface area (Å²) in [7, 11) is 0. The van der Waals surface area contributed by atoms with Gasteiger partial charge in [0, 0.05) is 25.8 Å². The van der Waals surface area contributed by atoms with Gasteiger partial charge in [0.1, 0.15) is 5.82 Å². The molecule has 2 unspecified atom stereocenters. The lowest BCUT2D eigenvalue weighted by atomic mass is 10.2. The van der Waals surface area contributed by atoms with Gasteiger partial charge < -0.3 is 15.0 Å². The highest BCUT2D eigenvalue weighted by molar-refractivity contribution is 6.33. The van der Waals surface area contributed by atoms with E-state index in [1.54, 1.807) is 0 Å². The second-order valence-electron chi connectivity index (χ2n) is 6.54. The first-order valence-electron chi connectivity index (χ1n) is 7.87. The van der Waals surface area contributed by atoms with Crippen molar-refractivity contribution in [3.8, 4) is 0 Å². The molecule has 116 valence electrons. The van der Waals surface area contributed by atoms with Crippen LogP contribution in [0.3, 0.4) is 0 Å². The number of nitrogens with one attached hydrogen (secondary N) is 1. The van der Waals surface area contributed by atoms with Crippen LogP contribution in [0.5, 0.6) is 0 Å². The van der Waals surface area contributed by atoms with Gasteiger partial charge in [-0.15, -0.1) is 0 Å². The van der Waals surface area contributed by atoms with Crippen molar-refractivity contribution in [2.24, 2.45) is 5.92 Å². The Morgan fingerprint density at radius 3 is 2.71 bits per heavy atom. The number of nitrogens with zero attached hydrogens (tertiary/aromatic N) is 2. The largest absolute Gasteiger partial charge is 0.371 e. The molecular weight excluding hydrogens is 286 g/mol. The van der Waals surface area contributed by atoms with Gasteiger partial charge in [0.2, 0.25) is 0 Å². The Labute approximate surface area is 131 Å². The van der Waals surface area contributed by atoms with Crippen LogP contribution in [-0.2, 0) is 11.3 Å². The predicted molar refractivity (Wildman–Crippen MR) is 85.9 cm³/mol. The maximum atomic E-state index is 6.45. The smallest absolute Gasteiger partial charge is 0.147 e. The normalized spacial score (nSPS) is 24.9. The summed E-state index contributed by atoms with van der Waals surface area (Å²) in [5.74, 6) is 1.56. The fourth-order valence-corrected chi connectivity index (χ4v) is 3.40. The summed E-state index contributed by atoms with van der Waals surface area (Å²) in [5.41, 5.74) is 1.14. The lowest BCUT2D eigenvalue weighted by molar-refractivity contribution is 0.0302. The van der Waals surface area contributed by atoms with Gasteiger partial charge in [0.15, 0.2) is 0 Å². The molecule has 0 radical (unpaired) electrons. The van der Waals surface area contributed by atoms with Crippen LogP contribution >= 0.6 is 11.6 Å². The van der Waals surface area contributed by atoms with Crippen LogP contribution in [0.4, 0.5) is 5.82 Å². The minimum atomic E-state index is 0.356. The van der Waals surface area contributed by atoms with Crippen molar-refractivity contribution in [2.45, 2.75) is 45.4 Å². The summed E-state index contributed by atoms with van der Waals surface area (Å²) in [6.45, 7) is 8.05. The fraction of sp³-hybridized carbons (Fsp3) is 0.688. The molecule has 21 heavy (non-hydrogen) atoms. The van der Waals surface area contributed by atoms with E-state index in [-0.39, 0.29) is 0 Å². The van der Waals surface area contributed by atoms with Gasteiger partial charge in [-0.1, -0.05) is 25.4 Å². The number of pyridine rings is 1. The number of morpholine rings is 1. The number of rotatable bonds is 5. The Hall–Kier alpha value is -0.840. The Morgan fingerprint density at radius 2 is 2.10 bits per heavy atom. The van der Waals surface area contributed by atoms with E-state index in [1.807, 2.05) is 12.3 Å². The van der Waals surface area contributed by atoms with E-state index in [9.17, 15) is 0 Å². The molecule has 5 heteroatoms. The Balaban J connectivity index is 1.64. The van der Waals surface area contributed by atoms with Crippen molar-refractivity contribution in [3.63, 3.8) is 0 Å². The third kappa shape index (κ3) is 3.68. The van der Waals surface area contributed by atoms with Crippen LogP contribution in [0.2, 0.25) is 5.02 Å². The molecule has 2 atom stereocenters. The molecule has 2 aliphatic rings. The minimum Gasteiger partial charge on any atom is -0.371 e. The lowest BCUT2D eigenvalue weighted by Crippen LogP contribution is -2.43. The Kier molecular flexibility index (Phi) is 4.67. The Morgan fingerprint density at radius 1 is 1.38 bits per heavy atom. The molecule has 1 aromatic heterocycles. The molecule has 0 saturated carbocycles. The van der Waals surface area contributed by atoms with Crippen molar-refractivity contribution in [2.75, 3.05) is 24.5 Å². The molecule has 0 amide bonds. The van der Waals surface area contributed by atoms with Gasteiger partial charge >= 0.3 is 0 Å². The SMILES string of the molecule is CC(C)CNCc1cnc(N2CC3CCC(C2)O3)c(Cl)c1. The summed E-state index contributed by atoms with van der Waals surface area (Å²) in [4.78, 5) is 6.87. The van der Waals surface area contributed by atoms with Gasteiger partial charge in [-0.25, -0.2) is 4.98 Å². The van der Waals surface area contributed by atoms with Gasteiger partial charge in [0.25, 0.3) is 0 Å². The summed E-state index contributed by atoms with van der Waals surface area (Å²) in [6, 6.07) is 2.04. The zero-order valence-electron chi connectivity index (χ0n) is 12.8. The van der Waals surface area contributed by atoms with Crippen LogP contribution in [0, 0.1) is 5.92 Å². The number of hydrogen-bond acceptors (Lipinski definition) is 4. The quantitative estimate of drug-likeness (QED) is 0.907. The molecule has 3 rings (SSSR count). The average molecular weight is 310 g/mol. The van der Waals surface area contributed by atoms with Gasteiger partial charge in [-0.05, 0) is 36.9 Å². The number of hydrogen-bond donors (Lipinski definition) is 1. The number of fused-ring (bicyclic) bond motifs is 2. The van der Waals surface area contributed by atoms with E-state index in [0.717, 1.165) is 55.4 Å². The topological polar surface area (TPSA) is 37.4 Å². The van der Waals surface area contributed by atoms with E-state index < -0.39 is 0 Å². The second-order valence-corrected chi connectivity index (χ2v) is 6.94. The highest BCUT2D eigenvalue weighted by atomic mass is 35.5. The third-order valence-electron chi connectivity index (χ3n) is 4.10. The Bertz CT molecular complexity index is 482. The summed E-state index contributed by atoms with van der Waals surface area (Å²) < 4.78 is 5.87. The standard InChI is InChI=1S/C16H24ClN3O/c1-11(2)6-18-7-12-5-15(17)16(19-8-12)20-9-13-3-4-14(10-20)21-13/h5,8,11,13-14,18H,3-4,6-7,9-10H2,1-2H3. The van der Waals surface area contributed by atoms with Crippen LogP contribution in [0.25, 0.3) is 0 Å². The van der Waals surface area contributed by atoms with Crippen LogP contribution < -0.4 is 10.2 Å². The number of anilines is 1. The first kappa shape index (κ1) is 15.1. The molecule has 4 nitrogen and oxygen atoms in total. The van der Waals surface area contributed by atoms with E-state index in [0.29, 0.717) is 18.1 Å². The van der Waals surface area contributed by atoms with Crippen molar-refractivity contribution >= 4 is 17.4 Å². The monoisotopic (exact) mass is 309 g/mol. The first-order valence-corrected chi connectivity index (χ1v) is 8.25. The molecule has 2 aliphatic heterocycles. The molecule has 1 aromatic rings. The molecule has 0 aliphatic carbocycles. The highest BCUT2D eigenvalue weighted by Gasteiger charge is 2.34. The summed E-state index contributed by atoms with van der Waals surface area (Å²) >= 11 is 6.45. The first-order chi connectivity index (χ1) is 10.1. The zero-order chi connectivity index (χ0) is 14.8. The van der Waals surface area contributed by atoms with Gasteiger partial charge in [-0.2, -0.15) is 0 Å². The minimum absolute atomic E-state index is 0.356. The van der Waals surface area contributed by atoms with Gasteiger partial charge in [0.05, 0.1) is 17.2 Å². The molecule has 2 saturated heterocycles.